The third kappa shape index (κ3) is 5.58. The summed E-state index contributed by atoms with van der Waals surface area (Å²) in [5.74, 6) is -0.881. The smallest absolute Gasteiger partial charge is 0.234 e. The number of carbonyl (C=O) groups excluding carboxylic acids is 2. The van der Waals surface area contributed by atoms with Crippen LogP contribution in [0.3, 0.4) is 0 Å². The summed E-state index contributed by atoms with van der Waals surface area (Å²) in [6, 6.07) is 11.1. The number of halogens is 2. The first kappa shape index (κ1) is 17.3. The van der Waals surface area contributed by atoms with Crippen LogP contribution in [0.4, 0.5) is 15.8 Å². The van der Waals surface area contributed by atoms with Crippen LogP contribution in [0.5, 0.6) is 0 Å². The predicted octanol–water partition coefficient (Wildman–Crippen LogP) is 4.17. The third-order valence-corrected chi connectivity index (χ3v) is 3.99. The summed E-state index contributed by atoms with van der Waals surface area (Å²) in [6.45, 7) is 1.43. The maximum Gasteiger partial charge on any atom is 0.234 e. The Balaban J connectivity index is 1.89. The van der Waals surface area contributed by atoms with Crippen LogP contribution in [0.25, 0.3) is 0 Å². The summed E-state index contributed by atoms with van der Waals surface area (Å²) in [7, 11) is 0. The summed E-state index contributed by atoms with van der Waals surface area (Å²) in [5.41, 5.74) is 0.747. The third-order valence-electron chi connectivity index (χ3n) is 2.75. The Morgan fingerprint density at radius 1 is 1.13 bits per heavy atom. The zero-order chi connectivity index (χ0) is 16.8. The van der Waals surface area contributed by atoms with E-state index in [0.29, 0.717) is 10.7 Å². The van der Waals surface area contributed by atoms with Gasteiger partial charge in [-0.15, -0.1) is 11.8 Å². The van der Waals surface area contributed by atoms with Crippen molar-refractivity contribution in [3.05, 3.63) is 53.3 Å². The van der Waals surface area contributed by atoms with E-state index in [2.05, 4.69) is 10.6 Å². The zero-order valence-corrected chi connectivity index (χ0v) is 13.8. The van der Waals surface area contributed by atoms with E-state index in [1.807, 2.05) is 0 Å². The van der Waals surface area contributed by atoms with Crippen molar-refractivity contribution in [2.75, 3.05) is 16.4 Å². The Hall–Kier alpha value is -2.05. The molecule has 0 aliphatic rings. The molecule has 0 aliphatic heterocycles. The zero-order valence-electron chi connectivity index (χ0n) is 12.2. The van der Waals surface area contributed by atoms with Gasteiger partial charge < -0.3 is 10.6 Å². The van der Waals surface area contributed by atoms with E-state index in [4.69, 9.17) is 11.6 Å². The van der Waals surface area contributed by atoms with Crippen molar-refractivity contribution >= 4 is 46.6 Å². The second-order valence-electron chi connectivity index (χ2n) is 4.67. The molecule has 2 rings (SSSR count). The van der Waals surface area contributed by atoms with Gasteiger partial charge in [-0.1, -0.05) is 11.6 Å². The first-order chi connectivity index (χ1) is 10.9. The molecule has 2 N–H and O–H groups in total. The number of hydrogen-bond acceptors (Lipinski definition) is 3. The monoisotopic (exact) mass is 352 g/mol. The fraction of sp³-hybridized carbons (Fsp3) is 0.125. The summed E-state index contributed by atoms with van der Waals surface area (Å²) in [4.78, 5) is 23.7. The molecule has 2 amide bonds. The topological polar surface area (TPSA) is 58.2 Å². The van der Waals surface area contributed by atoms with Crippen LogP contribution in [0, 0.1) is 5.82 Å². The second-order valence-corrected chi connectivity index (χ2v) is 6.15. The minimum absolute atomic E-state index is 0.0594. The van der Waals surface area contributed by atoms with Gasteiger partial charge in [-0.3, -0.25) is 9.59 Å². The molecule has 0 fully saturated rings. The van der Waals surface area contributed by atoms with Crippen LogP contribution in [-0.4, -0.2) is 17.6 Å². The second kappa shape index (κ2) is 7.99. The van der Waals surface area contributed by atoms with Gasteiger partial charge in [-0.2, -0.15) is 0 Å². The first-order valence-corrected chi connectivity index (χ1v) is 8.06. The normalized spacial score (nSPS) is 10.2. The highest BCUT2D eigenvalue weighted by Gasteiger charge is 2.08. The van der Waals surface area contributed by atoms with E-state index in [-0.39, 0.29) is 23.3 Å². The molecule has 0 saturated heterocycles. The van der Waals surface area contributed by atoms with Gasteiger partial charge in [0.25, 0.3) is 0 Å². The van der Waals surface area contributed by atoms with E-state index in [9.17, 15) is 14.0 Å². The largest absolute Gasteiger partial charge is 0.326 e. The maximum atomic E-state index is 13.5. The average molecular weight is 353 g/mol. The van der Waals surface area contributed by atoms with Gasteiger partial charge in [0.15, 0.2) is 0 Å². The minimum atomic E-state index is -0.535. The van der Waals surface area contributed by atoms with Crippen LogP contribution < -0.4 is 10.6 Å². The van der Waals surface area contributed by atoms with E-state index in [1.54, 1.807) is 24.3 Å². The summed E-state index contributed by atoms with van der Waals surface area (Å²) in [5, 5.41) is 5.49. The Kier molecular flexibility index (Phi) is 6.01. The number of rotatable bonds is 5. The Morgan fingerprint density at radius 2 is 1.83 bits per heavy atom. The summed E-state index contributed by atoms with van der Waals surface area (Å²) in [6.07, 6.45) is 0. The molecular formula is C16H14ClFN2O2S. The van der Waals surface area contributed by atoms with Crippen LogP contribution in [0.2, 0.25) is 5.02 Å². The molecule has 2 aromatic rings. The van der Waals surface area contributed by atoms with E-state index in [1.165, 1.54) is 36.9 Å². The minimum Gasteiger partial charge on any atom is -0.326 e. The Labute approximate surface area is 142 Å². The number of nitrogens with one attached hydrogen (secondary N) is 2. The lowest BCUT2D eigenvalue weighted by Gasteiger charge is -2.07. The highest BCUT2D eigenvalue weighted by Crippen LogP contribution is 2.22. The first-order valence-electron chi connectivity index (χ1n) is 6.69. The van der Waals surface area contributed by atoms with Crippen molar-refractivity contribution in [2.45, 2.75) is 11.8 Å². The van der Waals surface area contributed by atoms with Gasteiger partial charge >= 0.3 is 0 Å². The van der Waals surface area contributed by atoms with Gasteiger partial charge in [0, 0.05) is 22.5 Å². The van der Waals surface area contributed by atoms with E-state index < -0.39 is 5.82 Å². The van der Waals surface area contributed by atoms with Crippen LogP contribution >= 0.6 is 23.4 Å². The van der Waals surface area contributed by atoms with Gasteiger partial charge in [0.2, 0.25) is 11.8 Å². The molecular weight excluding hydrogens is 339 g/mol. The van der Waals surface area contributed by atoms with E-state index in [0.717, 1.165) is 4.90 Å². The highest BCUT2D eigenvalue weighted by molar-refractivity contribution is 8.00. The molecule has 0 bridgehead atoms. The number of carbonyl (C=O) groups is 2. The molecule has 7 heteroatoms. The molecule has 23 heavy (non-hydrogen) atoms. The lowest BCUT2D eigenvalue weighted by Crippen LogP contribution is -2.15. The maximum absolute atomic E-state index is 13.5. The Bertz CT molecular complexity index is 723. The molecule has 0 spiro atoms. The van der Waals surface area contributed by atoms with Crippen molar-refractivity contribution in [3.63, 3.8) is 0 Å². The van der Waals surface area contributed by atoms with Gasteiger partial charge in [-0.25, -0.2) is 4.39 Å². The standard InChI is InChI=1S/C16H14ClFN2O2S/c1-10(21)19-12-3-5-13(6-4-12)23-9-16(22)20-15-8-11(17)2-7-14(15)18/h2-8H,9H2,1H3,(H,19,21)(H,20,22). The van der Waals surface area contributed by atoms with Crippen molar-refractivity contribution in [3.8, 4) is 0 Å². The number of hydrogen-bond donors (Lipinski definition) is 2. The predicted molar refractivity (Wildman–Crippen MR) is 91.5 cm³/mol. The number of amides is 2. The fourth-order valence-corrected chi connectivity index (χ4v) is 2.64. The molecule has 0 aliphatic carbocycles. The lowest BCUT2D eigenvalue weighted by molar-refractivity contribution is -0.114. The highest BCUT2D eigenvalue weighted by atomic mass is 35.5. The summed E-state index contributed by atoms with van der Waals surface area (Å²) < 4.78 is 13.5. The molecule has 0 heterocycles. The average Bonchev–Trinajstić information content (AvgIpc) is 2.50. The van der Waals surface area contributed by atoms with Crippen molar-refractivity contribution in [1.82, 2.24) is 0 Å². The van der Waals surface area contributed by atoms with Crippen molar-refractivity contribution in [1.29, 1.82) is 0 Å². The molecule has 0 radical (unpaired) electrons. The molecule has 0 atom stereocenters. The lowest BCUT2D eigenvalue weighted by atomic mass is 10.3. The number of thioether (sulfide) groups is 1. The van der Waals surface area contributed by atoms with Gasteiger partial charge in [-0.05, 0) is 42.5 Å². The SMILES string of the molecule is CC(=O)Nc1ccc(SCC(=O)Nc2cc(Cl)ccc2F)cc1. The number of anilines is 2. The van der Waals surface area contributed by atoms with Crippen LogP contribution in [-0.2, 0) is 9.59 Å². The Morgan fingerprint density at radius 3 is 2.48 bits per heavy atom. The summed E-state index contributed by atoms with van der Waals surface area (Å²) >= 11 is 7.08. The van der Waals surface area contributed by atoms with Crippen molar-refractivity contribution in [2.24, 2.45) is 0 Å². The molecule has 120 valence electrons. The van der Waals surface area contributed by atoms with Crippen LogP contribution in [0.1, 0.15) is 6.92 Å². The quantitative estimate of drug-likeness (QED) is 0.794. The fourth-order valence-electron chi connectivity index (χ4n) is 1.77. The molecule has 2 aromatic carbocycles. The van der Waals surface area contributed by atoms with Crippen molar-refractivity contribution < 1.29 is 14.0 Å². The molecule has 0 aromatic heterocycles. The van der Waals surface area contributed by atoms with Crippen LogP contribution in [0.15, 0.2) is 47.4 Å². The molecule has 0 unspecified atom stereocenters. The van der Waals surface area contributed by atoms with Gasteiger partial charge in [0.1, 0.15) is 5.82 Å². The van der Waals surface area contributed by atoms with E-state index >= 15 is 0 Å². The molecule has 4 nitrogen and oxygen atoms in total. The number of benzene rings is 2. The molecule has 0 saturated carbocycles. The van der Waals surface area contributed by atoms with Gasteiger partial charge in [0.05, 0.1) is 11.4 Å².